The van der Waals surface area contributed by atoms with Gasteiger partial charge in [0.15, 0.2) is 5.82 Å². The number of halogens is 10. The summed E-state index contributed by atoms with van der Waals surface area (Å²) in [6, 6.07) is 7.09. The van der Waals surface area contributed by atoms with Crippen molar-refractivity contribution >= 4 is 92.8 Å². The Bertz CT molecular complexity index is 1570. The summed E-state index contributed by atoms with van der Waals surface area (Å²) in [7, 11) is 0. The lowest BCUT2D eigenvalue weighted by molar-refractivity contribution is -0.126. The van der Waals surface area contributed by atoms with Crippen molar-refractivity contribution in [3.05, 3.63) is 86.1 Å². The van der Waals surface area contributed by atoms with Crippen molar-refractivity contribution in [2.24, 2.45) is 5.92 Å². The van der Waals surface area contributed by atoms with E-state index in [4.69, 9.17) is 58.0 Å². The van der Waals surface area contributed by atoms with Crippen LogP contribution in [0.15, 0.2) is 42.5 Å². The zero-order valence-corrected chi connectivity index (χ0v) is 23.6. The maximum absolute atomic E-state index is 14.7. The predicted molar refractivity (Wildman–Crippen MR) is 146 cm³/mol. The molecule has 1 saturated carbocycles. The van der Waals surface area contributed by atoms with Gasteiger partial charge in [-0.25, -0.2) is 13.2 Å². The molecule has 1 aliphatic carbocycles. The van der Waals surface area contributed by atoms with Gasteiger partial charge in [0.1, 0.15) is 21.7 Å². The first-order chi connectivity index (χ1) is 19.1. The Morgan fingerprint density at radius 1 is 0.829 bits per heavy atom. The van der Waals surface area contributed by atoms with Gasteiger partial charge in [-0.05, 0) is 48.0 Å². The van der Waals surface area contributed by atoms with Crippen molar-refractivity contribution in [3.8, 4) is 0 Å². The molecular weight excluding hydrogens is 663 g/mol. The highest BCUT2D eigenvalue weighted by atomic mass is 35.5. The average Bonchev–Trinajstić information content (AvgIpc) is 3.49. The highest BCUT2D eigenvalue weighted by Crippen LogP contribution is 2.65. The molecule has 3 amide bonds. The van der Waals surface area contributed by atoms with Crippen LogP contribution in [0.3, 0.4) is 0 Å². The summed E-state index contributed by atoms with van der Waals surface area (Å²) in [5.74, 6) is -9.80. The van der Waals surface area contributed by atoms with Crippen molar-refractivity contribution < 1.29 is 36.3 Å². The molecule has 6 nitrogen and oxygen atoms in total. The molecule has 16 heteroatoms. The van der Waals surface area contributed by atoms with Crippen molar-refractivity contribution in [2.75, 3.05) is 16.0 Å². The van der Waals surface area contributed by atoms with Crippen molar-refractivity contribution in [1.82, 2.24) is 0 Å². The number of rotatable bonds is 7. The lowest BCUT2D eigenvalue weighted by Gasteiger charge is -2.13. The number of carbonyl (C=O) groups excluding carboxylic acids is 3. The molecule has 4 rings (SSSR count). The lowest BCUT2D eigenvalue weighted by atomic mass is 10.1. The van der Waals surface area contributed by atoms with E-state index in [-0.39, 0.29) is 20.8 Å². The van der Waals surface area contributed by atoms with Crippen LogP contribution in [0.4, 0.5) is 39.0 Å². The highest BCUT2D eigenvalue weighted by molar-refractivity contribution is 6.54. The number of hydrogen-bond donors (Lipinski definition) is 3. The third kappa shape index (κ3) is 6.34. The normalized spacial score (nSPS) is 17.2. The first-order valence-corrected chi connectivity index (χ1v) is 13.0. The first-order valence-electron chi connectivity index (χ1n) is 11.1. The second-order valence-corrected chi connectivity index (χ2v) is 11.3. The summed E-state index contributed by atoms with van der Waals surface area (Å²) in [6.45, 7) is 0. The van der Waals surface area contributed by atoms with Crippen LogP contribution >= 0.6 is 58.0 Å². The van der Waals surface area contributed by atoms with E-state index >= 15 is 0 Å². The SMILES string of the molecule is O=C(Nc1ccc(F)c(NC(=O)C(F)F)c1F)c1cc(NC(=O)C2[C@H](c3cc(Cl)c(Cl)c(Cl)c3)C2(Cl)Cl)ccc1F. The quantitative estimate of drug-likeness (QED) is 0.135. The van der Waals surface area contributed by atoms with Gasteiger partial charge < -0.3 is 16.0 Å². The number of carbonyl (C=O) groups is 3. The van der Waals surface area contributed by atoms with Gasteiger partial charge in [-0.1, -0.05) is 34.8 Å². The Hall–Kier alpha value is -2.83. The fourth-order valence-electron chi connectivity index (χ4n) is 3.95. The van der Waals surface area contributed by atoms with Crippen LogP contribution in [0.2, 0.25) is 15.1 Å². The van der Waals surface area contributed by atoms with Gasteiger partial charge in [-0.15, -0.1) is 23.2 Å². The third-order valence-electron chi connectivity index (χ3n) is 5.97. The number of alkyl halides is 4. The number of benzene rings is 3. The Morgan fingerprint density at radius 2 is 1.44 bits per heavy atom. The molecule has 3 aromatic carbocycles. The van der Waals surface area contributed by atoms with Gasteiger partial charge in [0, 0.05) is 11.6 Å². The summed E-state index contributed by atoms with van der Waals surface area (Å²) in [5.41, 5.74) is -2.34. The zero-order chi connectivity index (χ0) is 30.4. The molecule has 1 fully saturated rings. The standard InChI is InChI=1S/C25H13Cl5F5N3O3/c26-11-5-8(6-12(27)18(11)28)16-17(25(16,29)30)23(40)36-9-1-2-13(31)10(7-9)22(39)37-15-4-3-14(32)20(19(15)33)38-24(41)21(34)35/h1-7,16-17,21H,(H,36,40)(H,37,39)(H,38,41)/t16-,17?/m0/s1. The fraction of sp³-hybridized carbons (Fsp3) is 0.160. The molecular formula is C25H13Cl5F5N3O3. The molecule has 0 aliphatic heterocycles. The van der Waals surface area contributed by atoms with Crippen LogP contribution in [0.1, 0.15) is 21.8 Å². The van der Waals surface area contributed by atoms with Crippen LogP contribution < -0.4 is 16.0 Å². The van der Waals surface area contributed by atoms with Gasteiger partial charge in [0.25, 0.3) is 11.8 Å². The molecule has 0 aromatic heterocycles. The first kappa shape index (κ1) is 31.1. The smallest absolute Gasteiger partial charge is 0.315 e. The van der Waals surface area contributed by atoms with Gasteiger partial charge in [0.05, 0.1) is 32.2 Å². The molecule has 1 unspecified atom stereocenters. The third-order valence-corrected chi connectivity index (χ3v) is 8.10. The van der Waals surface area contributed by atoms with Crippen molar-refractivity contribution in [1.29, 1.82) is 0 Å². The van der Waals surface area contributed by atoms with E-state index in [1.807, 2.05) is 5.32 Å². The Morgan fingerprint density at radius 3 is 2.05 bits per heavy atom. The maximum atomic E-state index is 14.7. The minimum atomic E-state index is -3.57. The lowest BCUT2D eigenvalue weighted by Crippen LogP contribution is -2.22. The number of amides is 3. The number of anilines is 3. The minimum absolute atomic E-state index is 0.0760. The van der Waals surface area contributed by atoms with Crippen LogP contribution in [-0.4, -0.2) is 28.5 Å². The second kappa shape index (κ2) is 11.8. The van der Waals surface area contributed by atoms with Crippen LogP contribution in [0.5, 0.6) is 0 Å². The second-order valence-electron chi connectivity index (χ2n) is 8.64. The molecule has 216 valence electrons. The summed E-state index contributed by atoms with van der Waals surface area (Å²) < 4.78 is 66.6. The van der Waals surface area contributed by atoms with E-state index in [0.29, 0.717) is 11.6 Å². The van der Waals surface area contributed by atoms with E-state index in [1.165, 1.54) is 17.4 Å². The Kier molecular flexibility index (Phi) is 8.96. The Labute approximate surface area is 253 Å². The highest BCUT2D eigenvalue weighted by Gasteiger charge is 2.67. The molecule has 3 aromatic rings. The van der Waals surface area contributed by atoms with Gasteiger partial charge in [-0.2, -0.15) is 8.78 Å². The van der Waals surface area contributed by atoms with Crippen LogP contribution in [0, 0.1) is 23.4 Å². The van der Waals surface area contributed by atoms with Gasteiger partial charge in [0.2, 0.25) is 5.91 Å². The molecule has 0 radical (unpaired) electrons. The van der Waals surface area contributed by atoms with Gasteiger partial charge >= 0.3 is 6.43 Å². The average molecular weight is 676 g/mol. The maximum Gasteiger partial charge on any atom is 0.315 e. The molecule has 41 heavy (non-hydrogen) atoms. The summed E-state index contributed by atoms with van der Waals surface area (Å²) in [6.07, 6.45) is -3.57. The van der Waals surface area contributed by atoms with Gasteiger partial charge in [-0.3, -0.25) is 14.4 Å². The molecule has 1 aliphatic rings. The van der Waals surface area contributed by atoms with Crippen molar-refractivity contribution in [3.63, 3.8) is 0 Å². The monoisotopic (exact) mass is 673 g/mol. The molecule has 0 saturated heterocycles. The number of hydrogen-bond acceptors (Lipinski definition) is 3. The Balaban J connectivity index is 1.52. The number of nitrogens with one attached hydrogen (secondary N) is 3. The van der Waals surface area contributed by atoms with Crippen molar-refractivity contribution in [2.45, 2.75) is 16.7 Å². The topological polar surface area (TPSA) is 87.3 Å². The zero-order valence-electron chi connectivity index (χ0n) is 19.8. The van der Waals surface area contributed by atoms with E-state index in [0.717, 1.165) is 24.3 Å². The van der Waals surface area contributed by atoms with Crippen LogP contribution in [0.25, 0.3) is 0 Å². The van der Waals surface area contributed by atoms with Crippen LogP contribution in [-0.2, 0) is 9.59 Å². The van der Waals surface area contributed by atoms with E-state index in [1.54, 1.807) is 0 Å². The fourth-order valence-corrected chi connectivity index (χ4v) is 5.39. The molecule has 0 spiro atoms. The largest absolute Gasteiger partial charge is 0.326 e. The molecule has 3 N–H and O–H groups in total. The molecule has 0 bridgehead atoms. The summed E-state index contributed by atoms with van der Waals surface area (Å²) in [4.78, 5) is 36.9. The summed E-state index contributed by atoms with van der Waals surface area (Å²) >= 11 is 30.7. The predicted octanol–water partition coefficient (Wildman–Crippen LogP) is 8.05. The van der Waals surface area contributed by atoms with E-state index < -0.39 is 74.7 Å². The molecule has 0 heterocycles. The van der Waals surface area contributed by atoms with E-state index in [9.17, 15) is 36.3 Å². The minimum Gasteiger partial charge on any atom is -0.326 e. The molecule has 2 atom stereocenters. The summed E-state index contributed by atoms with van der Waals surface area (Å²) in [5, 5.41) is 6.10. The van der Waals surface area contributed by atoms with E-state index in [2.05, 4.69) is 5.32 Å².